The minimum Gasteiger partial charge on any atom is -0.465 e. The smallest absolute Gasteiger partial charge is 0.326 e. The standard InChI is InChI=1S/C16H33NO2S/c1-7-9-10-11-20-14(5)12-16(6,17-13(3)4)15(18)19-8-2/h13-14,17H,7-12H2,1-6H3. The van der Waals surface area contributed by atoms with E-state index in [2.05, 4.69) is 33.0 Å². The summed E-state index contributed by atoms with van der Waals surface area (Å²) in [5.74, 6) is 1.05. The summed E-state index contributed by atoms with van der Waals surface area (Å²) >= 11 is 1.96. The molecule has 2 atom stereocenters. The van der Waals surface area contributed by atoms with E-state index in [9.17, 15) is 4.79 Å². The Balaban J connectivity index is 4.44. The molecule has 0 amide bonds. The van der Waals surface area contributed by atoms with Gasteiger partial charge in [0.25, 0.3) is 0 Å². The number of thioether (sulfide) groups is 1. The first-order valence-corrected chi connectivity index (χ1v) is 8.97. The molecule has 120 valence electrons. The van der Waals surface area contributed by atoms with Crippen molar-refractivity contribution in [2.24, 2.45) is 0 Å². The van der Waals surface area contributed by atoms with Crippen LogP contribution in [0.1, 0.15) is 67.2 Å². The highest BCUT2D eigenvalue weighted by atomic mass is 32.2. The number of carbonyl (C=O) groups excluding carboxylic acids is 1. The van der Waals surface area contributed by atoms with E-state index in [1.807, 2.05) is 25.6 Å². The maximum atomic E-state index is 12.2. The van der Waals surface area contributed by atoms with Crippen LogP contribution in [-0.2, 0) is 9.53 Å². The second-order valence-corrected chi connectivity index (χ2v) is 7.49. The third-order valence-electron chi connectivity index (χ3n) is 3.18. The van der Waals surface area contributed by atoms with Crippen LogP contribution in [0.2, 0.25) is 0 Å². The topological polar surface area (TPSA) is 38.3 Å². The summed E-state index contributed by atoms with van der Waals surface area (Å²) in [7, 11) is 0. The van der Waals surface area contributed by atoms with Crippen molar-refractivity contribution in [3.05, 3.63) is 0 Å². The summed E-state index contributed by atoms with van der Waals surface area (Å²) in [6.45, 7) is 12.8. The molecule has 1 N–H and O–H groups in total. The van der Waals surface area contributed by atoms with Crippen molar-refractivity contribution < 1.29 is 9.53 Å². The molecule has 0 radical (unpaired) electrons. The van der Waals surface area contributed by atoms with Crippen molar-refractivity contribution in [3.63, 3.8) is 0 Å². The highest BCUT2D eigenvalue weighted by molar-refractivity contribution is 7.99. The SMILES string of the molecule is CCCCCSC(C)CC(C)(NC(C)C)C(=O)OCC. The van der Waals surface area contributed by atoms with Crippen molar-refractivity contribution in [2.45, 2.75) is 84.1 Å². The molecule has 0 aromatic rings. The largest absolute Gasteiger partial charge is 0.465 e. The maximum absolute atomic E-state index is 12.2. The Kier molecular flexibility index (Phi) is 10.4. The number of ether oxygens (including phenoxy) is 1. The van der Waals surface area contributed by atoms with Crippen molar-refractivity contribution in [1.29, 1.82) is 0 Å². The Labute approximate surface area is 129 Å². The minimum atomic E-state index is -0.582. The number of unbranched alkanes of at least 4 members (excludes halogenated alkanes) is 2. The molecule has 0 aliphatic rings. The van der Waals surface area contributed by atoms with Gasteiger partial charge in [-0.25, -0.2) is 0 Å². The first-order chi connectivity index (χ1) is 9.35. The molecule has 0 bridgehead atoms. The van der Waals surface area contributed by atoms with Gasteiger partial charge in [0.2, 0.25) is 0 Å². The molecule has 3 nitrogen and oxygen atoms in total. The van der Waals surface area contributed by atoms with E-state index in [1.54, 1.807) is 0 Å². The molecule has 20 heavy (non-hydrogen) atoms. The summed E-state index contributed by atoms with van der Waals surface area (Å²) in [5.41, 5.74) is -0.582. The number of rotatable bonds is 11. The summed E-state index contributed by atoms with van der Waals surface area (Å²) < 4.78 is 5.24. The third kappa shape index (κ3) is 8.15. The van der Waals surface area contributed by atoms with E-state index in [4.69, 9.17) is 4.74 Å². The van der Waals surface area contributed by atoms with E-state index in [1.165, 1.54) is 25.0 Å². The molecule has 0 aliphatic carbocycles. The van der Waals surface area contributed by atoms with Gasteiger partial charge in [0.1, 0.15) is 5.54 Å². The number of nitrogens with one attached hydrogen (secondary N) is 1. The molecule has 0 aromatic carbocycles. The van der Waals surface area contributed by atoms with E-state index in [-0.39, 0.29) is 12.0 Å². The van der Waals surface area contributed by atoms with Crippen LogP contribution in [0.25, 0.3) is 0 Å². The molecule has 0 rings (SSSR count). The van der Waals surface area contributed by atoms with Crippen molar-refractivity contribution >= 4 is 17.7 Å². The first-order valence-electron chi connectivity index (χ1n) is 7.92. The normalized spacial score (nSPS) is 15.9. The van der Waals surface area contributed by atoms with E-state index >= 15 is 0 Å². The molecule has 0 heterocycles. The predicted molar refractivity (Wildman–Crippen MR) is 89.4 cm³/mol. The van der Waals surface area contributed by atoms with Gasteiger partial charge in [-0.05, 0) is 46.3 Å². The average molecular weight is 304 g/mol. The summed E-state index contributed by atoms with van der Waals surface area (Å²) in [6.07, 6.45) is 4.61. The Bertz CT molecular complexity index is 271. The van der Waals surface area contributed by atoms with Crippen LogP contribution in [0, 0.1) is 0 Å². The van der Waals surface area contributed by atoms with Gasteiger partial charge in [0.05, 0.1) is 6.61 Å². The summed E-state index contributed by atoms with van der Waals surface area (Å²) in [6, 6.07) is 0.265. The fraction of sp³-hybridized carbons (Fsp3) is 0.938. The van der Waals surface area contributed by atoms with Gasteiger partial charge in [-0.2, -0.15) is 11.8 Å². The molecular formula is C16H33NO2S. The van der Waals surface area contributed by atoms with Gasteiger partial charge in [-0.15, -0.1) is 0 Å². The van der Waals surface area contributed by atoms with Gasteiger partial charge in [-0.3, -0.25) is 10.1 Å². The fourth-order valence-corrected chi connectivity index (χ4v) is 3.62. The monoisotopic (exact) mass is 303 g/mol. The highest BCUT2D eigenvalue weighted by Crippen LogP contribution is 2.24. The molecular weight excluding hydrogens is 270 g/mol. The first kappa shape index (κ1) is 19.8. The number of hydrogen-bond acceptors (Lipinski definition) is 4. The van der Waals surface area contributed by atoms with E-state index < -0.39 is 5.54 Å². The minimum absolute atomic E-state index is 0.130. The molecule has 2 unspecified atom stereocenters. The average Bonchev–Trinajstić information content (AvgIpc) is 2.33. The zero-order valence-electron chi connectivity index (χ0n) is 14.1. The van der Waals surface area contributed by atoms with Gasteiger partial charge in [-0.1, -0.05) is 26.7 Å². The maximum Gasteiger partial charge on any atom is 0.326 e. The Morgan fingerprint density at radius 3 is 2.40 bits per heavy atom. The lowest BCUT2D eigenvalue weighted by Crippen LogP contribution is -2.54. The number of esters is 1. The third-order valence-corrected chi connectivity index (χ3v) is 4.44. The van der Waals surface area contributed by atoms with Crippen molar-refractivity contribution in [1.82, 2.24) is 5.32 Å². The quantitative estimate of drug-likeness (QED) is 0.462. The van der Waals surface area contributed by atoms with Gasteiger partial charge in [0.15, 0.2) is 0 Å². The summed E-state index contributed by atoms with van der Waals surface area (Å²) in [4.78, 5) is 12.2. The van der Waals surface area contributed by atoms with Crippen molar-refractivity contribution in [2.75, 3.05) is 12.4 Å². The van der Waals surface area contributed by atoms with Crippen molar-refractivity contribution in [3.8, 4) is 0 Å². The molecule has 0 fully saturated rings. The molecule has 0 aromatic heterocycles. The molecule has 0 aliphatic heterocycles. The lowest BCUT2D eigenvalue weighted by atomic mass is 9.95. The molecule has 0 saturated carbocycles. The zero-order chi connectivity index (χ0) is 15.6. The lowest BCUT2D eigenvalue weighted by Gasteiger charge is -2.32. The van der Waals surface area contributed by atoms with Crippen LogP contribution in [0.3, 0.4) is 0 Å². The van der Waals surface area contributed by atoms with Gasteiger partial charge >= 0.3 is 5.97 Å². The van der Waals surface area contributed by atoms with E-state index in [0.29, 0.717) is 11.9 Å². The zero-order valence-corrected chi connectivity index (χ0v) is 14.9. The van der Waals surface area contributed by atoms with Crippen LogP contribution in [0.5, 0.6) is 0 Å². The van der Waals surface area contributed by atoms with Crippen LogP contribution in [0.4, 0.5) is 0 Å². The Morgan fingerprint density at radius 2 is 1.90 bits per heavy atom. The molecule has 4 heteroatoms. The van der Waals surface area contributed by atoms with Crippen LogP contribution in [-0.4, -0.2) is 35.2 Å². The van der Waals surface area contributed by atoms with Gasteiger partial charge in [0, 0.05) is 11.3 Å². The van der Waals surface area contributed by atoms with Gasteiger partial charge < -0.3 is 4.74 Å². The molecule has 0 spiro atoms. The number of hydrogen-bond donors (Lipinski definition) is 1. The number of carbonyl (C=O) groups is 1. The van der Waals surface area contributed by atoms with E-state index in [0.717, 1.165) is 6.42 Å². The highest BCUT2D eigenvalue weighted by Gasteiger charge is 2.36. The lowest BCUT2D eigenvalue weighted by molar-refractivity contribution is -0.151. The molecule has 0 saturated heterocycles. The van der Waals surface area contributed by atoms with Crippen LogP contribution >= 0.6 is 11.8 Å². The predicted octanol–water partition coefficient (Wildman–Crippen LogP) is 4.01. The summed E-state index contributed by atoms with van der Waals surface area (Å²) in [5, 5.41) is 3.84. The Morgan fingerprint density at radius 1 is 1.25 bits per heavy atom. The van der Waals surface area contributed by atoms with Crippen LogP contribution in [0.15, 0.2) is 0 Å². The fourth-order valence-electron chi connectivity index (χ4n) is 2.40. The van der Waals surface area contributed by atoms with Crippen LogP contribution < -0.4 is 5.32 Å². The second kappa shape index (κ2) is 10.5. The second-order valence-electron chi connectivity index (χ2n) is 5.94. The Hall–Kier alpha value is -0.220.